The first kappa shape index (κ1) is 15.6. The molecule has 3 rings (SSSR count). The third kappa shape index (κ3) is 3.53. The Morgan fingerprint density at radius 3 is 2.70 bits per heavy atom. The van der Waals surface area contributed by atoms with E-state index in [2.05, 4.69) is 31.9 Å². The van der Waals surface area contributed by atoms with Gasteiger partial charge in [-0.15, -0.1) is 0 Å². The highest BCUT2D eigenvalue weighted by Crippen LogP contribution is 2.30. The van der Waals surface area contributed by atoms with E-state index in [1.165, 1.54) is 0 Å². The van der Waals surface area contributed by atoms with Gasteiger partial charge in [-0.2, -0.15) is 0 Å². The molecule has 0 aliphatic carbocycles. The van der Waals surface area contributed by atoms with E-state index in [0.717, 1.165) is 4.47 Å². The zero-order valence-electron chi connectivity index (χ0n) is 12.5. The van der Waals surface area contributed by atoms with Crippen LogP contribution in [0, 0.1) is 0 Å². The van der Waals surface area contributed by atoms with Crippen LogP contribution in [-0.2, 0) is 4.79 Å². The van der Waals surface area contributed by atoms with Gasteiger partial charge in [0.25, 0.3) is 5.91 Å². The van der Waals surface area contributed by atoms with Gasteiger partial charge in [0.2, 0.25) is 5.91 Å². The first-order chi connectivity index (χ1) is 11.0. The molecule has 2 amide bonds. The maximum atomic E-state index is 12.6. The predicted octanol–water partition coefficient (Wildman–Crippen LogP) is 3.84. The van der Waals surface area contributed by atoms with Gasteiger partial charge in [-0.25, -0.2) is 0 Å². The highest BCUT2D eigenvalue weighted by atomic mass is 79.9. The van der Waals surface area contributed by atoms with Crippen LogP contribution in [-0.4, -0.2) is 17.9 Å². The summed E-state index contributed by atoms with van der Waals surface area (Å²) in [7, 11) is 0. The van der Waals surface area contributed by atoms with Crippen molar-refractivity contribution in [3.05, 3.63) is 52.5 Å². The van der Waals surface area contributed by atoms with E-state index >= 15 is 0 Å². The zero-order valence-corrected chi connectivity index (χ0v) is 14.1. The molecule has 0 aromatic heterocycles. The van der Waals surface area contributed by atoms with Crippen LogP contribution >= 0.6 is 15.9 Å². The second-order valence-corrected chi connectivity index (χ2v) is 6.40. The van der Waals surface area contributed by atoms with Crippen molar-refractivity contribution in [2.75, 3.05) is 16.0 Å². The number of hydrogen-bond donors (Lipinski definition) is 3. The van der Waals surface area contributed by atoms with E-state index in [1.807, 2.05) is 31.2 Å². The Morgan fingerprint density at radius 2 is 1.96 bits per heavy atom. The first-order valence-corrected chi connectivity index (χ1v) is 8.08. The lowest BCUT2D eigenvalue weighted by atomic mass is 10.1. The number of nitrogens with one attached hydrogen (secondary N) is 3. The number of carbonyl (C=O) groups is 2. The number of hydrogen-bond acceptors (Lipinski definition) is 3. The number of para-hydroxylation sites is 1. The molecule has 1 aliphatic rings. The highest BCUT2D eigenvalue weighted by Gasteiger charge is 2.22. The van der Waals surface area contributed by atoms with Crippen molar-refractivity contribution < 1.29 is 9.59 Å². The number of amides is 2. The van der Waals surface area contributed by atoms with Gasteiger partial charge < -0.3 is 16.0 Å². The molecule has 0 fully saturated rings. The average molecular weight is 374 g/mol. The summed E-state index contributed by atoms with van der Waals surface area (Å²) < 4.78 is 0.947. The topological polar surface area (TPSA) is 70.2 Å². The second-order valence-electron chi connectivity index (χ2n) is 5.49. The third-order valence-electron chi connectivity index (χ3n) is 3.57. The van der Waals surface area contributed by atoms with E-state index in [9.17, 15) is 9.59 Å². The van der Waals surface area contributed by atoms with Crippen LogP contribution in [0.5, 0.6) is 0 Å². The predicted molar refractivity (Wildman–Crippen MR) is 94.9 cm³/mol. The molecule has 0 saturated carbocycles. The maximum Gasteiger partial charge on any atom is 0.257 e. The zero-order chi connectivity index (χ0) is 16.4. The Hall–Kier alpha value is -2.34. The minimum atomic E-state index is -0.222. The summed E-state index contributed by atoms with van der Waals surface area (Å²) in [6.45, 7) is 1.91. The molecule has 23 heavy (non-hydrogen) atoms. The molecular weight excluding hydrogens is 358 g/mol. The van der Waals surface area contributed by atoms with Crippen molar-refractivity contribution >= 4 is 44.8 Å². The molecule has 1 unspecified atom stereocenters. The second kappa shape index (κ2) is 6.42. The van der Waals surface area contributed by atoms with Crippen molar-refractivity contribution in [2.45, 2.75) is 19.4 Å². The summed E-state index contributed by atoms with van der Waals surface area (Å²) in [4.78, 5) is 24.4. The fourth-order valence-corrected chi connectivity index (χ4v) is 2.77. The van der Waals surface area contributed by atoms with Crippen LogP contribution in [0.25, 0.3) is 0 Å². The maximum absolute atomic E-state index is 12.6. The Bertz CT molecular complexity index is 759. The summed E-state index contributed by atoms with van der Waals surface area (Å²) >= 11 is 3.36. The first-order valence-electron chi connectivity index (χ1n) is 7.29. The smallest absolute Gasteiger partial charge is 0.257 e. The molecule has 0 radical (unpaired) electrons. The molecule has 2 aromatic rings. The van der Waals surface area contributed by atoms with Gasteiger partial charge in [-0.05, 0) is 43.3 Å². The van der Waals surface area contributed by atoms with E-state index in [4.69, 9.17) is 0 Å². The molecule has 0 spiro atoms. The monoisotopic (exact) mass is 373 g/mol. The minimum Gasteiger partial charge on any atom is -0.380 e. The molecule has 1 aliphatic heterocycles. The number of carbonyl (C=O) groups excluding carboxylic acids is 2. The van der Waals surface area contributed by atoms with Crippen LogP contribution in [0.15, 0.2) is 46.9 Å². The van der Waals surface area contributed by atoms with E-state index in [0.29, 0.717) is 29.0 Å². The molecule has 1 heterocycles. The van der Waals surface area contributed by atoms with Crippen LogP contribution in [0.1, 0.15) is 23.7 Å². The summed E-state index contributed by atoms with van der Waals surface area (Å²) in [5.41, 5.74) is 2.49. The van der Waals surface area contributed by atoms with Crippen molar-refractivity contribution in [1.82, 2.24) is 0 Å². The fourth-order valence-electron chi connectivity index (χ4n) is 2.51. The lowest BCUT2D eigenvalue weighted by Crippen LogP contribution is -2.20. The van der Waals surface area contributed by atoms with Crippen LogP contribution in [0.2, 0.25) is 0 Å². The standard InChI is InChI=1S/C17H16BrN3O2/c1-10-9-15(22)21-14-4-2-3-13(16(14)19-10)17(23)20-12-7-5-11(18)6-8-12/h2-8,10,19H,9H2,1H3,(H,20,23)(H,21,22). The Kier molecular flexibility index (Phi) is 4.34. The Labute approximate surface area is 142 Å². The number of rotatable bonds is 2. The molecular formula is C17H16BrN3O2. The van der Waals surface area contributed by atoms with Gasteiger partial charge >= 0.3 is 0 Å². The quantitative estimate of drug-likeness (QED) is 0.748. The normalized spacial score (nSPS) is 16.6. The SMILES string of the molecule is CC1CC(=O)Nc2cccc(C(=O)Nc3ccc(Br)cc3)c2N1. The molecule has 118 valence electrons. The minimum absolute atomic E-state index is 0.0436. The largest absolute Gasteiger partial charge is 0.380 e. The molecule has 6 heteroatoms. The van der Waals surface area contributed by atoms with Gasteiger partial charge in [-0.1, -0.05) is 22.0 Å². The number of benzene rings is 2. The van der Waals surface area contributed by atoms with Gasteiger partial charge in [-0.3, -0.25) is 9.59 Å². The summed E-state index contributed by atoms with van der Waals surface area (Å²) in [5.74, 6) is -0.283. The van der Waals surface area contributed by atoms with E-state index in [-0.39, 0.29) is 17.9 Å². The molecule has 0 bridgehead atoms. The Balaban J connectivity index is 1.91. The number of anilines is 3. The number of fused-ring (bicyclic) bond motifs is 1. The lowest BCUT2D eigenvalue weighted by Gasteiger charge is -2.16. The van der Waals surface area contributed by atoms with Crippen LogP contribution < -0.4 is 16.0 Å². The van der Waals surface area contributed by atoms with Crippen LogP contribution in [0.4, 0.5) is 17.1 Å². The molecule has 2 aromatic carbocycles. The fraction of sp³-hybridized carbons (Fsp3) is 0.176. The third-order valence-corrected chi connectivity index (χ3v) is 4.10. The van der Waals surface area contributed by atoms with Gasteiger partial charge in [0.05, 0.1) is 16.9 Å². The molecule has 3 N–H and O–H groups in total. The van der Waals surface area contributed by atoms with Crippen LogP contribution in [0.3, 0.4) is 0 Å². The summed E-state index contributed by atoms with van der Waals surface area (Å²) in [6, 6.07) is 12.6. The van der Waals surface area contributed by atoms with Gasteiger partial charge in [0, 0.05) is 22.6 Å². The van der Waals surface area contributed by atoms with E-state index in [1.54, 1.807) is 18.2 Å². The van der Waals surface area contributed by atoms with Crippen molar-refractivity contribution in [3.63, 3.8) is 0 Å². The van der Waals surface area contributed by atoms with Gasteiger partial charge in [0.15, 0.2) is 0 Å². The number of halogens is 1. The van der Waals surface area contributed by atoms with Crippen molar-refractivity contribution in [2.24, 2.45) is 0 Å². The summed E-state index contributed by atoms with van der Waals surface area (Å²) in [6.07, 6.45) is 0.364. The molecule has 5 nitrogen and oxygen atoms in total. The lowest BCUT2D eigenvalue weighted by molar-refractivity contribution is -0.116. The van der Waals surface area contributed by atoms with Crippen molar-refractivity contribution in [1.29, 1.82) is 0 Å². The van der Waals surface area contributed by atoms with Crippen molar-refractivity contribution in [3.8, 4) is 0 Å². The molecule has 1 atom stereocenters. The molecule has 0 saturated heterocycles. The van der Waals surface area contributed by atoms with Gasteiger partial charge in [0.1, 0.15) is 0 Å². The Morgan fingerprint density at radius 1 is 1.22 bits per heavy atom. The summed E-state index contributed by atoms with van der Waals surface area (Å²) in [5, 5.41) is 8.95. The average Bonchev–Trinajstić information content (AvgIpc) is 2.65. The van der Waals surface area contributed by atoms with E-state index < -0.39 is 0 Å². The highest BCUT2D eigenvalue weighted by molar-refractivity contribution is 9.10.